The molecule has 0 saturated carbocycles. The number of rotatable bonds is 2. The molecule has 3 aromatic rings. The zero-order valence-corrected chi connectivity index (χ0v) is 15.1. The van der Waals surface area contributed by atoms with Gasteiger partial charge in [-0.1, -0.05) is 41.9 Å². The molecule has 1 atom stereocenters. The van der Waals surface area contributed by atoms with Crippen molar-refractivity contribution in [2.24, 2.45) is 5.73 Å². The van der Waals surface area contributed by atoms with E-state index in [1.807, 2.05) is 36.4 Å². The first kappa shape index (κ1) is 16.4. The number of fused-ring (bicyclic) bond motifs is 5. The molecule has 2 aliphatic heterocycles. The molecule has 0 aliphatic carbocycles. The van der Waals surface area contributed by atoms with Crippen LogP contribution in [0.1, 0.15) is 27.6 Å². The van der Waals surface area contributed by atoms with Gasteiger partial charge in [0.2, 0.25) is 5.82 Å². The third kappa shape index (κ3) is 2.32. The number of aromatic nitrogens is 3. The lowest BCUT2D eigenvalue weighted by molar-refractivity contribution is 0.0990. The van der Waals surface area contributed by atoms with Crippen molar-refractivity contribution >= 4 is 17.5 Å². The molecular formula is C19H17ClN6O. The molecule has 1 amide bonds. The van der Waals surface area contributed by atoms with Crippen molar-refractivity contribution in [3.8, 4) is 5.69 Å². The second-order valence-corrected chi connectivity index (χ2v) is 7.15. The number of benzene rings is 2. The minimum Gasteiger partial charge on any atom is -0.363 e. The Morgan fingerprint density at radius 2 is 2.04 bits per heavy atom. The maximum absolute atomic E-state index is 11.6. The second-order valence-electron chi connectivity index (χ2n) is 6.71. The fourth-order valence-corrected chi connectivity index (χ4v) is 4.30. The third-order valence-electron chi connectivity index (χ3n) is 5.23. The van der Waals surface area contributed by atoms with Crippen LogP contribution in [0, 0.1) is 0 Å². The number of nitrogens with one attached hydrogen (secondary N) is 1. The highest BCUT2D eigenvalue weighted by Crippen LogP contribution is 2.43. The zero-order chi connectivity index (χ0) is 18.6. The van der Waals surface area contributed by atoms with Gasteiger partial charge in [-0.05, 0) is 23.8 Å². The Hall–Kier alpha value is -2.74. The number of amides is 1. The van der Waals surface area contributed by atoms with E-state index in [1.165, 1.54) is 0 Å². The molecule has 0 bridgehead atoms. The number of carbonyl (C=O) groups excluding carboxylic acids is 1. The van der Waals surface area contributed by atoms with Crippen molar-refractivity contribution in [2.75, 3.05) is 13.1 Å². The van der Waals surface area contributed by atoms with Gasteiger partial charge in [-0.2, -0.15) is 0 Å². The molecule has 5 rings (SSSR count). The Kier molecular flexibility index (Phi) is 3.58. The first-order valence-corrected chi connectivity index (χ1v) is 9.09. The van der Waals surface area contributed by atoms with Crippen LogP contribution in [0.2, 0.25) is 5.02 Å². The van der Waals surface area contributed by atoms with E-state index in [1.54, 1.807) is 4.68 Å². The second kappa shape index (κ2) is 5.88. The number of carbonyl (C=O) groups is 1. The number of nitrogens with zero attached hydrogens (tertiary/aromatic N) is 4. The minimum absolute atomic E-state index is 0.0188. The molecule has 1 unspecified atom stereocenters. The molecule has 1 aromatic heterocycles. The maximum atomic E-state index is 11.6. The fourth-order valence-electron chi connectivity index (χ4n) is 4.13. The smallest absolute Gasteiger partial charge is 0.288 e. The van der Waals surface area contributed by atoms with Crippen LogP contribution in [0.25, 0.3) is 5.69 Å². The molecule has 136 valence electrons. The van der Waals surface area contributed by atoms with Gasteiger partial charge in [-0.3, -0.25) is 15.0 Å². The highest BCUT2D eigenvalue weighted by molar-refractivity contribution is 6.30. The van der Waals surface area contributed by atoms with Crippen molar-refractivity contribution in [1.82, 2.24) is 25.0 Å². The summed E-state index contributed by atoms with van der Waals surface area (Å²) >= 11 is 6.39. The Bertz CT molecular complexity index is 1050. The van der Waals surface area contributed by atoms with Crippen molar-refractivity contribution < 1.29 is 4.79 Å². The van der Waals surface area contributed by atoms with Gasteiger partial charge < -0.3 is 5.73 Å². The van der Waals surface area contributed by atoms with Crippen LogP contribution in [-0.2, 0) is 12.2 Å². The van der Waals surface area contributed by atoms with Crippen molar-refractivity contribution in [1.29, 1.82) is 0 Å². The van der Waals surface area contributed by atoms with E-state index in [2.05, 4.69) is 32.4 Å². The highest BCUT2D eigenvalue weighted by atomic mass is 35.5. The number of hydrogen-bond donors (Lipinski definition) is 2. The summed E-state index contributed by atoms with van der Waals surface area (Å²) in [7, 11) is 0. The van der Waals surface area contributed by atoms with Crippen molar-refractivity contribution in [2.45, 2.75) is 12.2 Å². The molecule has 1 saturated heterocycles. The van der Waals surface area contributed by atoms with Crippen LogP contribution in [0.3, 0.4) is 0 Å². The van der Waals surface area contributed by atoms with Gasteiger partial charge in [0.05, 0.1) is 12.2 Å². The molecular weight excluding hydrogens is 364 g/mol. The monoisotopic (exact) mass is 380 g/mol. The average molecular weight is 381 g/mol. The standard InChI is InChI=1S/C19H17ClN6O/c20-13-6-7-15-14(10-13)19(12-4-2-1-3-5-12)22-8-9-25(19)11-16-23-18(17(21)27)24-26(15)16/h1-7,10,22H,8-9,11H2,(H2,21,27). The summed E-state index contributed by atoms with van der Waals surface area (Å²) in [6.45, 7) is 2.16. The number of primary amides is 1. The fraction of sp³-hybridized carbons (Fsp3) is 0.211. The van der Waals surface area contributed by atoms with Crippen LogP contribution in [0.15, 0.2) is 48.5 Å². The molecule has 1 fully saturated rings. The van der Waals surface area contributed by atoms with Gasteiger partial charge in [0.1, 0.15) is 11.5 Å². The van der Waals surface area contributed by atoms with Crippen molar-refractivity contribution in [3.05, 3.63) is 76.3 Å². The van der Waals surface area contributed by atoms with Gasteiger partial charge >= 0.3 is 0 Å². The lowest BCUT2D eigenvalue weighted by atomic mass is 9.89. The Labute approximate surface area is 160 Å². The van der Waals surface area contributed by atoms with E-state index >= 15 is 0 Å². The molecule has 7 nitrogen and oxygen atoms in total. The lowest BCUT2D eigenvalue weighted by Gasteiger charge is -2.38. The van der Waals surface area contributed by atoms with Crippen molar-refractivity contribution in [3.63, 3.8) is 0 Å². The van der Waals surface area contributed by atoms with Gasteiger partial charge in [0.15, 0.2) is 0 Å². The van der Waals surface area contributed by atoms with Crippen LogP contribution in [0.5, 0.6) is 0 Å². The summed E-state index contributed by atoms with van der Waals surface area (Å²) < 4.78 is 1.70. The van der Waals surface area contributed by atoms with E-state index < -0.39 is 11.6 Å². The van der Waals surface area contributed by atoms with E-state index in [9.17, 15) is 4.79 Å². The van der Waals surface area contributed by atoms with E-state index in [0.717, 1.165) is 29.9 Å². The molecule has 8 heteroatoms. The van der Waals surface area contributed by atoms with E-state index in [0.29, 0.717) is 17.4 Å². The quantitative estimate of drug-likeness (QED) is 0.705. The lowest BCUT2D eigenvalue weighted by Crippen LogP contribution is -2.49. The van der Waals surface area contributed by atoms with E-state index in [-0.39, 0.29) is 5.82 Å². The summed E-state index contributed by atoms with van der Waals surface area (Å²) in [5, 5.41) is 8.68. The van der Waals surface area contributed by atoms with Crippen LogP contribution in [0.4, 0.5) is 0 Å². The number of nitrogens with two attached hydrogens (primary N) is 1. The summed E-state index contributed by atoms with van der Waals surface area (Å²) in [6.07, 6.45) is 0. The molecule has 27 heavy (non-hydrogen) atoms. The molecule has 3 N–H and O–H groups in total. The SMILES string of the molecule is NC(=O)c1nc2n(n1)-c1ccc(Cl)cc1C1(c3ccccc3)NCCN1C2. The van der Waals surface area contributed by atoms with Crippen LogP contribution >= 0.6 is 11.6 Å². The minimum atomic E-state index is -0.639. The van der Waals surface area contributed by atoms with Gasteiger partial charge in [-0.15, -0.1) is 5.10 Å². The number of hydrogen-bond acceptors (Lipinski definition) is 5. The topological polar surface area (TPSA) is 89.1 Å². The van der Waals surface area contributed by atoms with Crippen LogP contribution in [-0.4, -0.2) is 38.7 Å². The largest absolute Gasteiger partial charge is 0.363 e. The zero-order valence-electron chi connectivity index (χ0n) is 14.4. The van der Waals surface area contributed by atoms with E-state index in [4.69, 9.17) is 17.3 Å². The molecule has 3 heterocycles. The third-order valence-corrected chi connectivity index (χ3v) is 5.47. The predicted octanol–water partition coefficient (Wildman–Crippen LogP) is 1.64. The highest BCUT2D eigenvalue weighted by Gasteiger charge is 2.48. The van der Waals surface area contributed by atoms with Gasteiger partial charge in [0.25, 0.3) is 5.91 Å². The molecule has 2 aromatic carbocycles. The summed E-state index contributed by atoms with van der Waals surface area (Å²) in [4.78, 5) is 18.3. The van der Waals surface area contributed by atoms with Gasteiger partial charge in [-0.25, -0.2) is 9.67 Å². The Morgan fingerprint density at radius 1 is 1.22 bits per heavy atom. The number of halogens is 1. The average Bonchev–Trinajstić information content (AvgIpc) is 3.26. The molecule has 2 aliphatic rings. The molecule has 0 spiro atoms. The molecule has 0 radical (unpaired) electrons. The maximum Gasteiger partial charge on any atom is 0.288 e. The predicted molar refractivity (Wildman–Crippen MR) is 101 cm³/mol. The van der Waals surface area contributed by atoms with Gasteiger partial charge in [0, 0.05) is 23.7 Å². The first-order chi connectivity index (χ1) is 13.1. The Balaban J connectivity index is 1.83. The summed E-state index contributed by atoms with van der Waals surface area (Å²) in [5.74, 6) is 0.0547. The summed E-state index contributed by atoms with van der Waals surface area (Å²) in [6, 6.07) is 15.9. The van der Waals surface area contributed by atoms with Crippen LogP contribution < -0.4 is 11.1 Å². The summed E-state index contributed by atoms with van der Waals surface area (Å²) in [5.41, 5.74) is 7.78. The normalized spacial score (nSPS) is 21.2. The Morgan fingerprint density at radius 3 is 2.81 bits per heavy atom. The first-order valence-electron chi connectivity index (χ1n) is 8.71.